The molecule has 0 heterocycles. The van der Waals surface area contributed by atoms with Gasteiger partial charge in [0, 0.05) is 12.8 Å². The molecule has 0 saturated heterocycles. The van der Waals surface area contributed by atoms with Crippen molar-refractivity contribution in [2.45, 2.75) is 90.8 Å². The smallest absolute Gasteiger partial charge is 0.165 e. The Bertz CT molecular complexity index is 151. The second-order valence-electron chi connectivity index (χ2n) is 5.06. The van der Waals surface area contributed by atoms with Crippen molar-refractivity contribution >= 4 is 0 Å². The molecule has 0 unspecified atom stereocenters. The van der Waals surface area contributed by atoms with Crippen LogP contribution in [0.1, 0.15) is 85.0 Å². The van der Waals surface area contributed by atoms with E-state index in [1.165, 1.54) is 32.1 Å². The Kier molecular flexibility index (Phi) is 11.0. The number of ether oxygens (including phenoxy) is 1. The molecule has 0 saturated carbocycles. The van der Waals surface area contributed by atoms with Crippen LogP contribution in [0.2, 0.25) is 0 Å². The summed E-state index contributed by atoms with van der Waals surface area (Å²) < 4.78 is 5.67. The monoisotopic (exact) mass is 244 g/mol. The first kappa shape index (κ1) is 16.9. The van der Waals surface area contributed by atoms with Crippen molar-refractivity contribution in [3.8, 4) is 0 Å². The highest BCUT2D eigenvalue weighted by atomic mass is 16.6. The molecule has 0 spiro atoms. The van der Waals surface area contributed by atoms with Gasteiger partial charge in [-0.05, 0) is 6.42 Å². The van der Waals surface area contributed by atoms with Gasteiger partial charge in [-0.2, -0.15) is 0 Å². The second-order valence-corrected chi connectivity index (χ2v) is 5.06. The Morgan fingerprint density at radius 2 is 1.29 bits per heavy atom. The average Bonchev–Trinajstić information content (AvgIpc) is 2.28. The molecule has 1 N–H and O–H groups in total. The third-order valence-corrected chi connectivity index (χ3v) is 3.15. The summed E-state index contributed by atoms with van der Waals surface area (Å²) in [6.45, 7) is 7.13. The zero-order valence-corrected chi connectivity index (χ0v) is 12.1. The third kappa shape index (κ3) is 9.61. The molecule has 0 radical (unpaired) electrons. The van der Waals surface area contributed by atoms with Crippen molar-refractivity contribution in [1.29, 1.82) is 0 Å². The van der Waals surface area contributed by atoms with Crippen molar-refractivity contribution in [1.82, 2.24) is 0 Å². The summed E-state index contributed by atoms with van der Waals surface area (Å²) in [6, 6.07) is 0. The zero-order valence-electron chi connectivity index (χ0n) is 12.1. The maximum Gasteiger partial charge on any atom is 0.165 e. The minimum Gasteiger partial charge on any atom is -0.365 e. The SMILES string of the molecule is CCCCCCCCOC(O)(CCC)CCC. The fourth-order valence-corrected chi connectivity index (χ4v) is 2.20. The normalized spacial score (nSPS) is 12.0. The molecule has 0 aromatic heterocycles. The van der Waals surface area contributed by atoms with Crippen LogP contribution in [-0.4, -0.2) is 17.5 Å². The number of unbranched alkanes of at least 4 members (excludes halogenated alkanes) is 5. The average molecular weight is 244 g/mol. The molecule has 0 rings (SSSR count). The molecule has 0 fully saturated rings. The van der Waals surface area contributed by atoms with Gasteiger partial charge < -0.3 is 9.84 Å². The molecule has 0 aliphatic rings. The number of hydrogen-bond donors (Lipinski definition) is 1. The van der Waals surface area contributed by atoms with Gasteiger partial charge >= 0.3 is 0 Å². The summed E-state index contributed by atoms with van der Waals surface area (Å²) in [7, 11) is 0. The Balaban J connectivity index is 3.54. The number of hydrogen-bond acceptors (Lipinski definition) is 2. The van der Waals surface area contributed by atoms with Crippen molar-refractivity contribution in [2.75, 3.05) is 6.61 Å². The Morgan fingerprint density at radius 3 is 1.82 bits per heavy atom. The molecule has 0 aliphatic carbocycles. The van der Waals surface area contributed by atoms with Crippen LogP contribution in [0.15, 0.2) is 0 Å². The molecule has 104 valence electrons. The van der Waals surface area contributed by atoms with E-state index in [9.17, 15) is 5.11 Å². The standard InChI is InChI=1S/C15H32O2/c1-4-7-8-9-10-11-14-17-15(16,12-5-2)13-6-3/h16H,4-14H2,1-3H3. The summed E-state index contributed by atoms with van der Waals surface area (Å²) in [5.74, 6) is -0.854. The van der Waals surface area contributed by atoms with E-state index in [1.807, 2.05) is 0 Å². The van der Waals surface area contributed by atoms with Crippen LogP contribution >= 0.6 is 0 Å². The van der Waals surface area contributed by atoms with Gasteiger partial charge in [0.1, 0.15) is 0 Å². The van der Waals surface area contributed by atoms with Gasteiger partial charge in [-0.15, -0.1) is 0 Å². The van der Waals surface area contributed by atoms with Crippen LogP contribution in [0.4, 0.5) is 0 Å². The molecule has 0 bridgehead atoms. The molecule has 0 amide bonds. The molecule has 2 nitrogen and oxygen atoms in total. The molecule has 0 aromatic carbocycles. The minimum absolute atomic E-state index is 0.711. The predicted molar refractivity (Wildman–Crippen MR) is 74.1 cm³/mol. The second kappa shape index (κ2) is 11.0. The van der Waals surface area contributed by atoms with Crippen LogP contribution in [0.25, 0.3) is 0 Å². The minimum atomic E-state index is -0.854. The lowest BCUT2D eigenvalue weighted by Gasteiger charge is -2.27. The van der Waals surface area contributed by atoms with E-state index in [2.05, 4.69) is 20.8 Å². The Labute approximate surface area is 108 Å². The quantitative estimate of drug-likeness (QED) is 0.400. The van der Waals surface area contributed by atoms with E-state index >= 15 is 0 Å². The van der Waals surface area contributed by atoms with E-state index in [4.69, 9.17) is 4.74 Å². The molecule has 0 aliphatic heterocycles. The van der Waals surface area contributed by atoms with Crippen molar-refractivity contribution < 1.29 is 9.84 Å². The predicted octanol–water partition coefficient (Wildman–Crippen LogP) is 4.65. The number of aliphatic hydroxyl groups is 1. The van der Waals surface area contributed by atoms with Crippen molar-refractivity contribution in [3.05, 3.63) is 0 Å². The summed E-state index contributed by atoms with van der Waals surface area (Å²) in [6.07, 6.45) is 11.1. The lowest BCUT2D eigenvalue weighted by Crippen LogP contribution is -2.32. The fourth-order valence-electron chi connectivity index (χ4n) is 2.20. The Hall–Kier alpha value is -0.0800. The third-order valence-electron chi connectivity index (χ3n) is 3.15. The van der Waals surface area contributed by atoms with Gasteiger partial charge in [0.25, 0.3) is 0 Å². The van der Waals surface area contributed by atoms with Crippen molar-refractivity contribution in [2.24, 2.45) is 0 Å². The lowest BCUT2D eigenvalue weighted by molar-refractivity contribution is -0.212. The van der Waals surface area contributed by atoms with Gasteiger partial charge in [-0.25, -0.2) is 0 Å². The van der Waals surface area contributed by atoms with E-state index in [1.54, 1.807) is 0 Å². The molecular formula is C15H32O2. The number of rotatable bonds is 12. The van der Waals surface area contributed by atoms with Crippen LogP contribution in [0.3, 0.4) is 0 Å². The summed E-state index contributed by atoms with van der Waals surface area (Å²) in [5.41, 5.74) is 0. The maximum absolute atomic E-state index is 10.2. The molecule has 0 aromatic rings. The van der Waals surface area contributed by atoms with Crippen LogP contribution < -0.4 is 0 Å². The van der Waals surface area contributed by atoms with Crippen LogP contribution in [0, 0.1) is 0 Å². The largest absolute Gasteiger partial charge is 0.365 e. The van der Waals surface area contributed by atoms with E-state index < -0.39 is 5.79 Å². The highest BCUT2D eigenvalue weighted by Gasteiger charge is 2.24. The lowest BCUT2D eigenvalue weighted by atomic mass is 10.1. The molecule has 0 atom stereocenters. The highest BCUT2D eigenvalue weighted by Crippen LogP contribution is 2.21. The highest BCUT2D eigenvalue weighted by molar-refractivity contribution is 4.65. The van der Waals surface area contributed by atoms with E-state index in [0.29, 0.717) is 6.61 Å². The van der Waals surface area contributed by atoms with Gasteiger partial charge in [-0.3, -0.25) is 0 Å². The molecule has 2 heteroatoms. The van der Waals surface area contributed by atoms with Gasteiger partial charge in [0.15, 0.2) is 5.79 Å². The summed E-state index contributed by atoms with van der Waals surface area (Å²) in [4.78, 5) is 0. The van der Waals surface area contributed by atoms with Crippen molar-refractivity contribution in [3.63, 3.8) is 0 Å². The van der Waals surface area contributed by atoms with Gasteiger partial charge in [0.2, 0.25) is 0 Å². The molecular weight excluding hydrogens is 212 g/mol. The maximum atomic E-state index is 10.2. The van der Waals surface area contributed by atoms with E-state index in [-0.39, 0.29) is 0 Å². The first-order valence-corrected chi connectivity index (χ1v) is 7.54. The van der Waals surface area contributed by atoms with E-state index in [0.717, 1.165) is 32.1 Å². The van der Waals surface area contributed by atoms with Gasteiger partial charge in [0.05, 0.1) is 6.61 Å². The summed E-state index contributed by atoms with van der Waals surface area (Å²) >= 11 is 0. The Morgan fingerprint density at radius 1 is 0.765 bits per heavy atom. The van der Waals surface area contributed by atoms with Crippen LogP contribution in [-0.2, 0) is 4.74 Å². The first-order chi connectivity index (χ1) is 8.18. The fraction of sp³-hybridized carbons (Fsp3) is 1.00. The van der Waals surface area contributed by atoms with Gasteiger partial charge in [-0.1, -0.05) is 65.7 Å². The first-order valence-electron chi connectivity index (χ1n) is 7.54. The van der Waals surface area contributed by atoms with Crippen LogP contribution in [0.5, 0.6) is 0 Å². The summed E-state index contributed by atoms with van der Waals surface area (Å²) in [5, 5.41) is 10.2. The zero-order chi connectivity index (χ0) is 13.0. The topological polar surface area (TPSA) is 29.5 Å². The molecule has 17 heavy (non-hydrogen) atoms.